The minimum atomic E-state index is -0.347. The van der Waals surface area contributed by atoms with Gasteiger partial charge in [-0.15, -0.1) is 0 Å². The zero-order valence-corrected chi connectivity index (χ0v) is 16.2. The summed E-state index contributed by atoms with van der Waals surface area (Å²) < 4.78 is 16.2. The molecule has 2 aromatic heterocycles. The van der Waals surface area contributed by atoms with Crippen LogP contribution in [0, 0.1) is 24.1 Å². The standard InChI is InChI=1S/C20H15BrFN5/c1-11-13(10-23)4-3-5-14(11)12(2)25-19-15-8-16(21)17(22)9-18(15)27-7-6-24-20(27)26-19/h3-9,12H,1-2H3,(H,24,25,26)/t12-/m1/s1. The zero-order chi connectivity index (χ0) is 19.1. The first-order valence-electron chi connectivity index (χ1n) is 8.37. The maximum Gasteiger partial charge on any atom is 0.236 e. The Bertz CT molecular complexity index is 1220. The van der Waals surface area contributed by atoms with Gasteiger partial charge in [0.25, 0.3) is 0 Å². The lowest BCUT2D eigenvalue weighted by molar-refractivity contribution is 0.622. The fraction of sp³-hybridized carbons (Fsp3) is 0.150. The first-order chi connectivity index (χ1) is 13.0. The number of hydrogen-bond donors (Lipinski definition) is 1. The maximum atomic E-state index is 14.1. The Morgan fingerprint density at radius 1 is 1.33 bits per heavy atom. The quantitative estimate of drug-likeness (QED) is 0.495. The summed E-state index contributed by atoms with van der Waals surface area (Å²) in [5.74, 6) is 0.750. The van der Waals surface area contributed by atoms with Crippen molar-refractivity contribution in [3.63, 3.8) is 0 Å². The minimum Gasteiger partial charge on any atom is -0.363 e. The van der Waals surface area contributed by atoms with E-state index in [1.54, 1.807) is 28.9 Å². The van der Waals surface area contributed by atoms with Crippen molar-refractivity contribution < 1.29 is 4.39 Å². The number of nitriles is 1. The van der Waals surface area contributed by atoms with Crippen LogP contribution < -0.4 is 5.32 Å². The van der Waals surface area contributed by atoms with Crippen molar-refractivity contribution in [1.82, 2.24) is 14.4 Å². The monoisotopic (exact) mass is 423 g/mol. The second-order valence-corrected chi connectivity index (χ2v) is 7.19. The molecule has 1 N–H and O–H groups in total. The summed E-state index contributed by atoms with van der Waals surface area (Å²) in [6.45, 7) is 3.94. The van der Waals surface area contributed by atoms with E-state index < -0.39 is 0 Å². The molecule has 0 radical (unpaired) electrons. The van der Waals surface area contributed by atoms with Gasteiger partial charge in [0.05, 0.1) is 27.7 Å². The van der Waals surface area contributed by atoms with Crippen molar-refractivity contribution in [1.29, 1.82) is 5.26 Å². The number of hydrogen-bond acceptors (Lipinski definition) is 4. The van der Waals surface area contributed by atoms with E-state index in [0.29, 0.717) is 27.1 Å². The van der Waals surface area contributed by atoms with E-state index in [1.807, 2.05) is 26.0 Å². The van der Waals surface area contributed by atoms with Crippen molar-refractivity contribution in [3.05, 3.63) is 69.7 Å². The first kappa shape index (κ1) is 17.4. The first-order valence-corrected chi connectivity index (χ1v) is 9.17. The summed E-state index contributed by atoms with van der Waals surface area (Å²) in [6.07, 6.45) is 3.39. The number of aromatic nitrogens is 3. The Balaban J connectivity index is 1.86. The molecule has 5 nitrogen and oxygen atoms in total. The summed E-state index contributed by atoms with van der Waals surface area (Å²) >= 11 is 3.26. The summed E-state index contributed by atoms with van der Waals surface area (Å²) in [5.41, 5.74) is 3.26. The van der Waals surface area contributed by atoms with Crippen LogP contribution in [0.5, 0.6) is 0 Å². The van der Waals surface area contributed by atoms with E-state index in [2.05, 4.69) is 37.3 Å². The van der Waals surface area contributed by atoms with Crippen LogP contribution in [-0.2, 0) is 0 Å². The van der Waals surface area contributed by atoms with E-state index >= 15 is 0 Å². The van der Waals surface area contributed by atoms with Gasteiger partial charge in [-0.25, -0.2) is 9.37 Å². The fourth-order valence-corrected chi connectivity index (χ4v) is 3.63. The van der Waals surface area contributed by atoms with Gasteiger partial charge in [0.2, 0.25) is 5.78 Å². The highest BCUT2D eigenvalue weighted by atomic mass is 79.9. The van der Waals surface area contributed by atoms with Crippen molar-refractivity contribution in [2.24, 2.45) is 0 Å². The smallest absolute Gasteiger partial charge is 0.236 e. The number of fused-ring (bicyclic) bond motifs is 3. The summed E-state index contributed by atoms with van der Waals surface area (Å²) in [7, 11) is 0. The van der Waals surface area contributed by atoms with E-state index in [1.165, 1.54) is 6.07 Å². The van der Waals surface area contributed by atoms with Gasteiger partial charge in [-0.1, -0.05) is 12.1 Å². The molecular formula is C20H15BrFN5. The lowest BCUT2D eigenvalue weighted by Gasteiger charge is -2.19. The molecule has 0 spiro atoms. The van der Waals surface area contributed by atoms with E-state index in [4.69, 9.17) is 0 Å². The molecule has 7 heteroatoms. The molecule has 27 heavy (non-hydrogen) atoms. The van der Waals surface area contributed by atoms with Crippen LogP contribution in [0.1, 0.15) is 29.7 Å². The Kier molecular flexibility index (Phi) is 4.28. The largest absolute Gasteiger partial charge is 0.363 e. The third-order valence-corrected chi connectivity index (χ3v) is 5.31. The van der Waals surface area contributed by atoms with Crippen molar-refractivity contribution in [3.8, 4) is 6.07 Å². The number of anilines is 1. The molecule has 0 aliphatic rings. The van der Waals surface area contributed by atoms with Crippen LogP contribution in [0.2, 0.25) is 0 Å². The van der Waals surface area contributed by atoms with Crippen LogP contribution in [-0.4, -0.2) is 14.4 Å². The number of halogens is 2. The zero-order valence-electron chi connectivity index (χ0n) is 14.7. The lowest BCUT2D eigenvalue weighted by Crippen LogP contribution is -2.11. The van der Waals surface area contributed by atoms with Gasteiger partial charge in [0.1, 0.15) is 11.6 Å². The van der Waals surface area contributed by atoms with Gasteiger partial charge in [-0.05, 0) is 59.1 Å². The van der Waals surface area contributed by atoms with E-state index in [-0.39, 0.29) is 11.9 Å². The predicted molar refractivity (Wildman–Crippen MR) is 106 cm³/mol. The molecule has 1 atom stereocenters. The van der Waals surface area contributed by atoms with Crippen LogP contribution in [0.15, 0.2) is 47.2 Å². The van der Waals surface area contributed by atoms with Crippen molar-refractivity contribution in [2.45, 2.75) is 19.9 Å². The second kappa shape index (κ2) is 6.63. The van der Waals surface area contributed by atoms with E-state index in [9.17, 15) is 9.65 Å². The highest BCUT2D eigenvalue weighted by Gasteiger charge is 2.16. The molecule has 0 bridgehead atoms. The average Bonchev–Trinajstić information content (AvgIpc) is 3.12. The average molecular weight is 424 g/mol. The molecule has 0 amide bonds. The van der Waals surface area contributed by atoms with E-state index in [0.717, 1.165) is 16.5 Å². The van der Waals surface area contributed by atoms with Gasteiger partial charge in [0, 0.05) is 17.8 Å². The van der Waals surface area contributed by atoms with Crippen LogP contribution >= 0.6 is 15.9 Å². The molecule has 134 valence electrons. The molecule has 2 heterocycles. The summed E-state index contributed by atoms with van der Waals surface area (Å²) in [5, 5.41) is 13.5. The lowest BCUT2D eigenvalue weighted by atomic mass is 9.98. The molecular weight excluding hydrogens is 409 g/mol. The third-order valence-electron chi connectivity index (χ3n) is 4.70. The number of nitrogens with one attached hydrogen (secondary N) is 1. The topological polar surface area (TPSA) is 66.0 Å². The van der Waals surface area contributed by atoms with Gasteiger partial charge in [0.15, 0.2) is 0 Å². The predicted octanol–water partition coefficient (Wildman–Crippen LogP) is 5.14. The highest BCUT2D eigenvalue weighted by Crippen LogP contribution is 2.31. The molecule has 0 saturated heterocycles. The molecule has 0 fully saturated rings. The van der Waals surface area contributed by atoms with Crippen molar-refractivity contribution >= 4 is 38.4 Å². The Morgan fingerprint density at radius 2 is 2.15 bits per heavy atom. The summed E-state index contributed by atoms with van der Waals surface area (Å²) in [6, 6.07) is 10.9. The van der Waals surface area contributed by atoms with Gasteiger partial charge < -0.3 is 5.32 Å². The second-order valence-electron chi connectivity index (χ2n) is 6.34. The Labute approximate surface area is 163 Å². The summed E-state index contributed by atoms with van der Waals surface area (Å²) in [4.78, 5) is 8.85. The molecule has 0 aliphatic carbocycles. The van der Waals surface area contributed by atoms with Gasteiger partial charge in [-0.2, -0.15) is 10.2 Å². The number of nitrogens with zero attached hydrogens (tertiary/aromatic N) is 4. The van der Waals surface area contributed by atoms with Gasteiger partial charge in [-0.3, -0.25) is 4.40 Å². The molecule has 2 aromatic carbocycles. The Morgan fingerprint density at radius 3 is 2.93 bits per heavy atom. The number of benzene rings is 2. The molecule has 0 unspecified atom stereocenters. The highest BCUT2D eigenvalue weighted by molar-refractivity contribution is 9.10. The van der Waals surface area contributed by atoms with Crippen LogP contribution in [0.4, 0.5) is 10.2 Å². The fourth-order valence-electron chi connectivity index (χ4n) is 3.29. The number of rotatable bonds is 3. The van der Waals surface area contributed by atoms with Gasteiger partial charge >= 0.3 is 0 Å². The number of imidazole rings is 1. The third kappa shape index (κ3) is 2.92. The SMILES string of the molecule is Cc1c(C#N)cccc1[C@@H](C)Nc1nc2nccn2c2cc(F)c(Br)cc12. The van der Waals surface area contributed by atoms with Crippen molar-refractivity contribution in [2.75, 3.05) is 5.32 Å². The minimum absolute atomic E-state index is 0.102. The van der Waals surface area contributed by atoms with Crippen LogP contribution in [0.3, 0.4) is 0 Å². The molecule has 0 aliphatic heterocycles. The maximum absolute atomic E-state index is 14.1. The molecule has 0 saturated carbocycles. The van der Waals surface area contributed by atoms with Crippen LogP contribution in [0.25, 0.3) is 16.7 Å². The molecule has 4 aromatic rings. The molecule has 4 rings (SSSR count). The Hall–Kier alpha value is -2.98. The normalized spacial score (nSPS) is 12.3.